The van der Waals surface area contributed by atoms with Crippen LogP contribution in [0.5, 0.6) is 0 Å². The summed E-state index contributed by atoms with van der Waals surface area (Å²) in [6.07, 6.45) is 0.687. The SMILES string of the molecule is COC(=O)C1CN(C(=O)N2CCC(C)C2C(=O)O)CC1C. The first-order valence-electron chi connectivity index (χ1n) is 7.23. The van der Waals surface area contributed by atoms with Gasteiger partial charge in [-0.2, -0.15) is 0 Å². The van der Waals surface area contributed by atoms with Gasteiger partial charge in [-0.1, -0.05) is 13.8 Å². The Balaban J connectivity index is 2.07. The molecule has 2 aliphatic heterocycles. The highest BCUT2D eigenvalue weighted by Gasteiger charge is 2.44. The van der Waals surface area contributed by atoms with E-state index in [-0.39, 0.29) is 29.8 Å². The highest BCUT2D eigenvalue weighted by atomic mass is 16.5. The van der Waals surface area contributed by atoms with E-state index in [0.29, 0.717) is 26.1 Å². The number of carboxylic acid groups (broad SMARTS) is 1. The lowest BCUT2D eigenvalue weighted by Crippen LogP contribution is -2.48. The van der Waals surface area contributed by atoms with Gasteiger partial charge in [-0.05, 0) is 18.3 Å². The van der Waals surface area contributed by atoms with Crippen molar-refractivity contribution in [2.45, 2.75) is 26.3 Å². The molecule has 0 bridgehead atoms. The fourth-order valence-electron chi connectivity index (χ4n) is 3.30. The van der Waals surface area contributed by atoms with Crippen LogP contribution in [0.15, 0.2) is 0 Å². The van der Waals surface area contributed by atoms with E-state index in [1.165, 1.54) is 12.0 Å². The molecule has 2 fully saturated rings. The molecule has 2 aliphatic rings. The van der Waals surface area contributed by atoms with Crippen LogP contribution in [0.3, 0.4) is 0 Å². The van der Waals surface area contributed by atoms with E-state index in [1.54, 1.807) is 4.90 Å². The Morgan fingerprint density at radius 2 is 1.81 bits per heavy atom. The summed E-state index contributed by atoms with van der Waals surface area (Å²) < 4.78 is 4.75. The summed E-state index contributed by atoms with van der Waals surface area (Å²) in [6, 6.07) is -1.06. The Morgan fingerprint density at radius 3 is 2.38 bits per heavy atom. The Morgan fingerprint density at radius 1 is 1.14 bits per heavy atom. The normalized spacial score (nSPS) is 32.3. The zero-order valence-corrected chi connectivity index (χ0v) is 12.6. The highest BCUT2D eigenvalue weighted by molar-refractivity contribution is 5.84. The Kier molecular flexibility index (Phi) is 4.39. The summed E-state index contributed by atoms with van der Waals surface area (Å²) in [4.78, 5) is 38.5. The van der Waals surface area contributed by atoms with Gasteiger partial charge in [-0.15, -0.1) is 0 Å². The number of amides is 2. The van der Waals surface area contributed by atoms with Crippen LogP contribution >= 0.6 is 0 Å². The van der Waals surface area contributed by atoms with Gasteiger partial charge < -0.3 is 19.6 Å². The number of aliphatic carboxylic acids is 1. The zero-order valence-electron chi connectivity index (χ0n) is 12.6. The van der Waals surface area contributed by atoms with Crippen molar-refractivity contribution in [3.8, 4) is 0 Å². The highest BCUT2D eigenvalue weighted by Crippen LogP contribution is 2.29. The van der Waals surface area contributed by atoms with E-state index in [2.05, 4.69) is 0 Å². The number of esters is 1. The van der Waals surface area contributed by atoms with Crippen molar-refractivity contribution < 1.29 is 24.2 Å². The maximum atomic E-state index is 12.5. The van der Waals surface area contributed by atoms with Crippen LogP contribution in [0.2, 0.25) is 0 Å². The second kappa shape index (κ2) is 5.91. The number of likely N-dealkylation sites (tertiary alicyclic amines) is 2. The molecule has 7 nitrogen and oxygen atoms in total. The van der Waals surface area contributed by atoms with Gasteiger partial charge in [-0.3, -0.25) is 4.79 Å². The fourth-order valence-corrected chi connectivity index (χ4v) is 3.30. The summed E-state index contributed by atoms with van der Waals surface area (Å²) in [7, 11) is 1.34. The molecule has 2 saturated heterocycles. The van der Waals surface area contributed by atoms with Gasteiger partial charge in [0.1, 0.15) is 6.04 Å². The Hall–Kier alpha value is -1.79. The van der Waals surface area contributed by atoms with Crippen molar-refractivity contribution in [1.82, 2.24) is 9.80 Å². The summed E-state index contributed by atoms with van der Waals surface area (Å²) in [5, 5.41) is 9.29. The molecule has 0 spiro atoms. The van der Waals surface area contributed by atoms with Gasteiger partial charge in [0.2, 0.25) is 0 Å². The maximum absolute atomic E-state index is 12.5. The van der Waals surface area contributed by atoms with Crippen LogP contribution in [-0.2, 0) is 14.3 Å². The molecule has 2 rings (SSSR count). The molecule has 0 aromatic carbocycles. The zero-order chi connectivity index (χ0) is 15.7. The van der Waals surface area contributed by atoms with E-state index in [0.717, 1.165) is 0 Å². The average Bonchev–Trinajstić information content (AvgIpc) is 3.00. The van der Waals surface area contributed by atoms with Gasteiger partial charge in [0, 0.05) is 19.6 Å². The first-order valence-corrected chi connectivity index (χ1v) is 7.23. The minimum atomic E-state index is -0.967. The second-order valence-corrected chi connectivity index (χ2v) is 6.04. The Labute approximate surface area is 123 Å². The van der Waals surface area contributed by atoms with Crippen molar-refractivity contribution in [3.63, 3.8) is 0 Å². The summed E-state index contributed by atoms with van der Waals surface area (Å²) in [5.74, 6) is -1.65. The third-order valence-corrected chi connectivity index (χ3v) is 4.59. The third-order valence-electron chi connectivity index (χ3n) is 4.59. The molecule has 2 heterocycles. The van der Waals surface area contributed by atoms with E-state index in [9.17, 15) is 19.5 Å². The number of carbonyl (C=O) groups is 3. The molecule has 1 N–H and O–H groups in total. The molecule has 7 heteroatoms. The van der Waals surface area contributed by atoms with E-state index in [4.69, 9.17) is 4.74 Å². The molecule has 0 aliphatic carbocycles. The van der Waals surface area contributed by atoms with E-state index < -0.39 is 12.0 Å². The van der Waals surface area contributed by atoms with Crippen LogP contribution in [0.1, 0.15) is 20.3 Å². The molecule has 0 aromatic heterocycles. The maximum Gasteiger partial charge on any atom is 0.326 e. The topological polar surface area (TPSA) is 87.2 Å². The number of carbonyl (C=O) groups excluding carboxylic acids is 2. The van der Waals surface area contributed by atoms with Crippen molar-refractivity contribution in [2.24, 2.45) is 17.8 Å². The summed E-state index contributed by atoms with van der Waals surface area (Å²) in [5.41, 5.74) is 0. The largest absolute Gasteiger partial charge is 0.480 e. The molecule has 2 amide bonds. The average molecular weight is 298 g/mol. The fraction of sp³-hybridized carbons (Fsp3) is 0.786. The number of rotatable bonds is 2. The van der Waals surface area contributed by atoms with Crippen molar-refractivity contribution in [1.29, 1.82) is 0 Å². The van der Waals surface area contributed by atoms with Crippen molar-refractivity contribution in [2.75, 3.05) is 26.7 Å². The van der Waals surface area contributed by atoms with Gasteiger partial charge in [0.05, 0.1) is 13.0 Å². The molecule has 4 atom stereocenters. The molecular formula is C14H22N2O5. The van der Waals surface area contributed by atoms with E-state index in [1.807, 2.05) is 13.8 Å². The molecule has 21 heavy (non-hydrogen) atoms. The number of ether oxygens (including phenoxy) is 1. The number of nitrogens with zero attached hydrogens (tertiary/aromatic N) is 2. The van der Waals surface area contributed by atoms with Gasteiger partial charge in [0.15, 0.2) is 0 Å². The lowest BCUT2D eigenvalue weighted by atomic mass is 9.99. The molecule has 118 valence electrons. The van der Waals surface area contributed by atoms with Crippen LogP contribution < -0.4 is 0 Å². The Bertz CT molecular complexity index is 453. The minimum absolute atomic E-state index is 0.0182. The molecular weight excluding hydrogens is 276 g/mol. The van der Waals surface area contributed by atoms with Crippen LogP contribution in [0.25, 0.3) is 0 Å². The van der Waals surface area contributed by atoms with Gasteiger partial charge in [-0.25, -0.2) is 9.59 Å². The lowest BCUT2D eigenvalue weighted by Gasteiger charge is -2.28. The smallest absolute Gasteiger partial charge is 0.326 e. The van der Waals surface area contributed by atoms with E-state index >= 15 is 0 Å². The van der Waals surface area contributed by atoms with Crippen molar-refractivity contribution in [3.05, 3.63) is 0 Å². The standard InChI is InChI=1S/C14H22N2O5/c1-8-4-5-16(11(8)12(17)18)14(20)15-6-9(2)10(7-15)13(19)21-3/h8-11H,4-7H2,1-3H3,(H,17,18). The number of hydrogen-bond donors (Lipinski definition) is 1. The van der Waals surface area contributed by atoms with Crippen LogP contribution in [0.4, 0.5) is 4.79 Å². The molecule has 0 radical (unpaired) electrons. The lowest BCUT2D eigenvalue weighted by molar-refractivity contribution is -0.146. The first-order chi connectivity index (χ1) is 9.86. The first kappa shape index (κ1) is 15.6. The minimum Gasteiger partial charge on any atom is -0.480 e. The predicted molar refractivity (Wildman–Crippen MR) is 73.5 cm³/mol. The third kappa shape index (κ3) is 2.82. The molecule has 0 aromatic rings. The number of urea groups is 1. The number of hydrogen-bond acceptors (Lipinski definition) is 4. The van der Waals surface area contributed by atoms with Gasteiger partial charge in [0.25, 0.3) is 0 Å². The summed E-state index contributed by atoms with van der Waals surface area (Å²) in [6.45, 7) is 4.94. The number of methoxy groups -OCH3 is 1. The van der Waals surface area contributed by atoms with Crippen LogP contribution in [-0.4, -0.2) is 65.7 Å². The van der Waals surface area contributed by atoms with Crippen LogP contribution in [0, 0.1) is 17.8 Å². The predicted octanol–water partition coefficient (Wildman–Crippen LogP) is 0.642. The summed E-state index contributed by atoms with van der Waals surface area (Å²) >= 11 is 0. The second-order valence-electron chi connectivity index (χ2n) is 6.04. The number of carboxylic acids is 1. The van der Waals surface area contributed by atoms with Gasteiger partial charge >= 0.3 is 18.0 Å². The van der Waals surface area contributed by atoms with Crippen molar-refractivity contribution >= 4 is 18.0 Å². The monoisotopic (exact) mass is 298 g/mol. The molecule has 4 unspecified atom stereocenters. The molecule has 0 saturated carbocycles. The quantitative estimate of drug-likeness (QED) is 0.756.